The molecule has 6 heteroatoms. The lowest BCUT2D eigenvalue weighted by Crippen LogP contribution is -2.35. The minimum Gasteiger partial charge on any atom is -0.372 e. The number of nitrogens with zero attached hydrogens (tertiary/aromatic N) is 2. The lowest BCUT2D eigenvalue weighted by atomic mass is 10.1. The lowest BCUT2D eigenvalue weighted by molar-refractivity contribution is -0.121. The highest BCUT2D eigenvalue weighted by molar-refractivity contribution is 5.92. The molecule has 0 bridgehead atoms. The Balaban J connectivity index is 1.49. The summed E-state index contributed by atoms with van der Waals surface area (Å²) in [7, 11) is 0. The Morgan fingerprint density at radius 3 is 2.54 bits per heavy atom. The summed E-state index contributed by atoms with van der Waals surface area (Å²) < 4.78 is 0. The van der Waals surface area contributed by atoms with Gasteiger partial charge in [-0.1, -0.05) is 0 Å². The van der Waals surface area contributed by atoms with E-state index in [1.54, 1.807) is 0 Å². The molecular weight excluding hydrogens is 304 g/mol. The van der Waals surface area contributed by atoms with Crippen LogP contribution in [0.3, 0.4) is 0 Å². The summed E-state index contributed by atoms with van der Waals surface area (Å²) in [6, 6.07) is 8.09. The van der Waals surface area contributed by atoms with Gasteiger partial charge in [0.15, 0.2) is 0 Å². The molecule has 0 aliphatic carbocycles. The van der Waals surface area contributed by atoms with Gasteiger partial charge in [0, 0.05) is 50.5 Å². The highest BCUT2D eigenvalue weighted by Gasteiger charge is 2.16. The maximum Gasteiger partial charge on any atom is 0.238 e. The number of hydrogen-bond acceptors (Lipinski definition) is 4. The number of carbonyl (C=O) groups excluding carboxylic acids is 2. The molecule has 0 spiro atoms. The Morgan fingerprint density at radius 1 is 1.04 bits per heavy atom. The molecular formula is C18H26N4O2. The van der Waals surface area contributed by atoms with Crippen LogP contribution in [0.4, 0.5) is 11.4 Å². The Kier molecular flexibility index (Phi) is 5.69. The molecule has 24 heavy (non-hydrogen) atoms. The zero-order chi connectivity index (χ0) is 16.8. The van der Waals surface area contributed by atoms with E-state index in [1.807, 2.05) is 17.0 Å². The van der Waals surface area contributed by atoms with Crippen molar-refractivity contribution >= 4 is 23.2 Å². The van der Waals surface area contributed by atoms with Gasteiger partial charge in [-0.15, -0.1) is 0 Å². The molecule has 0 unspecified atom stereocenters. The van der Waals surface area contributed by atoms with Crippen molar-refractivity contribution in [3.8, 4) is 0 Å². The van der Waals surface area contributed by atoms with Crippen molar-refractivity contribution in [1.82, 2.24) is 10.2 Å². The van der Waals surface area contributed by atoms with E-state index in [1.165, 1.54) is 24.9 Å². The van der Waals surface area contributed by atoms with Crippen LogP contribution in [0.5, 0.6) is 0 Å². The highest BCUT2D eigenvalue weighted by atomic mass is 16.2. The van der Waals surface area contributed by atoms with E-state index >= 15 is 0 Å². The van der Waals surface area contributed by atoms with Gasteiger partial charge in [-0.05, 0) is 43.5 Å². The minimum absolute atomic E-state index is 0.0323. The van der Waals surface area contributed by atoms with Crippen LogP contribution in [0.2, 0.25) is 0 Å². The molecule has 2 aliphatic heterocycles. The van der Waals surface area contributed by atoms with Gasteiger partial charge in [0.25, 0.3) is 0 Å². The van der Waals surface area contributed by atoms with E-state index in [9.17, 15) is 9.59 Å². The van der Waals surface area contributed by atoms with Gasteiger partial charge in [0.1, 0.15) is 0 Å². The maximum absolute atomic E-state index is 12.2. The van der Waals surface area contributed by atoms with Gasteiger partial charge < -0.3 is 15.5 Å². The Morgan fingerprint density at radius 2 is 1.79 bits per heavy atom. The van der Waals surface area contributed by atoms with Crippen LogP contribution in [0.1, 0.15) is 25.7 Å². The second-order valence-corrected chi connectivity index (χ2v) is 6.52. The standard InChI is InChI=1S/C18H26N4O2/c23-17-8-12-21(13-9-19-17)14-18(24)20-15-4-6-16(7-5-15)22-10-2-1-3-11-22/h4-7H,1-3,8-14H2,(H,19,23)(H,20,24). The van der Waals surface area contributed by atoms with E-state index in [-0.39, 0.29) is 11.8 Å². The summed E-state index contributed by atoms with van der Waals surface area (Å²) in [6.45, 7) is 4.51. The van der Waals surface area contributed by atoms with Gasteiger partial charge in [-0.25, -0.2) is 0 Å². The average molecular weight is 330 g/mol. The van der Waals surface area contributed by atoms with E-state index in [0.29, 0.717) is 32.6 Å². The zero-order valence-electron chi connectivity index (χ0n) is 14.1. The molecule has 0 radical (unpaired) electrons. The number of carbonyl (C=O) groups is 2. The van der Waals surface area contributed by atoms with Crippen LogP contribution in [-0.4, -0.2) is 56.0 Å². The van der Waals surface area contributed by atoms with Gasteiger partial charge in [-0.2, -0.15) is 0 Å². The predicted molar refractivity (Wildman–Crippen MR) is 95.2 cm³/mol. The molecule has 6 nitrogen and oxygen atoms in total. The van der Waals surface area contributed by atoms with Crippen molar-refractivity contribution in [1.29, 1.82) is 0 Å². The third-order valence-corrected chi connectivity index (χ3v) is 4.64. The van der Waals surface area contributed by atoms with Crippen LogP contribution < -0.4 is 15.5 Å². The van der Waals surface area contributed by atoms with Crippen molar-refractivity contribution in [2.75, 3.05) is 49.5 Å². The number of hydrogen-bond donors (Lipinski definition) is 2. The smallest absolute Gasteiger partial charge is 0.238 e. The van der Waals surface area contributed by atoms with Gasteiger partial charge in [0.2, 0.25) is 11.8 Å². The summed E-state index contributed by atoms with van der Waals surface area (Å²) in [4.78, 5) is 27.9. The SMILES string of the molecule is O=C1CCN(CC(=O)Nc2ccc(N3CCCCC3)cc2)CCN1. The van der Waals surface area contributed by atoms with Crippen LogP contribution in [0, 0.1) is 0 Å². The first-order chi connectivity index (χ1) is 11.7. The fraction of sp³-hybridized carbons (Fsp3) is 0.556. The fourth-order valence-electron chi connectivity index (χ4n) is 3.28. The highest BCUT2D eigenvalue weighted by Crippen LogP contribution is 2.21. The first kappa shape index (κ1) is 16.8. The number of benzene rings is 1. The molecule has 2 saturated heterocycles. The van der Waals surface area contributed by atoms with Crippen LogP contribution in [-0.2, 0) is 9.59 Å². The topological polar surface area (TPSA) is 64.7 Å². The molecule has 0 aromatic heterocycles. The van der Waals surface area contributed by atoms with Gasteiger partial charge in [-0.3, -0.25) is 14.5 Å². The second kappa shape index (κ2) is 8.15. The lowest BCUT2D eigenvalue weighted by Gasteiger charge is -2.28. The normalized spacial score (nSPS) is 19.5. The maximum atomic E-state index is 12.2. The van der Waals surface area contributed by atoms with E-state index in [0.717, 1.165) is 18.8 Å². The molecule has 130 valence electrons. The number of rotatable bonds is 4. The molecule has 2 heterocycles. The van der Waals surface area contributed by atoms with Crippen molar-refractivity contribution in [2.24, 2.45) is 0 Å². The summed E-state index contributed by atoms with van der Waals surface area (Å²) >= 11 is 0. The molecule has 1 aromatic rings. The van der Waals surface area contributed by atoms with Crippen LogP contribution in [0.15, 0.2) is 24.3 Å². The largest absolute Gasteiger partial charge is 0.372 e. The molecule has 2 N–H and O–H groups in total. The van der Waals surface area contributed by atoms with E-state index < -0.39 is 0 Å². The molecule has 0 saturated carbocycles. The quantitative estimate of drug-likeness (QED) is 0.877. The second-order valence-electron chi connectivity index (χ2n) is 6.52. The van der Waals surface area contributed by atoms with E-state index in [4.69, 9.17) is 0 Å². The molecule has 2 amide bonds. The summed E-state index contributed by atoms with van der Waals surface area (Å²) in [5, 5.41) is 5.76. The monoisotopic (exact) mass is 330 g/mol. The first-order valence-electron chi connectivity index (χ1n) is 8.85. The number of piperidine rings is 1. The minimum atomic E-state index is -0.0323. The molecule has 2 fully saturated rings. The molecule has 1 aromatic carbocycles. The fourth-order valence-corrected chi connectivity index (χ4v) is 3.28. The summed E-state index contributed by atoms with van der Waals surface area (Å²) in [5.41, 5.74) is 2.05. The summed E-state index contributed by atoms with van der Waals surface area (Å²) in [5.74, 6) is 0.0290. The van der Waals surface area contributed by atoms with Crippen molar-refractivity contribution < 1.29 is 9.59 Å². The number of anilines is 2. The zero-order valence-corrected chi connectivity index (χ0v) is 14.1. The third kappa shape index (κ3) is 4.71. The van der Waals surface area contributed by atoms with Crippen LogP contribution >= 0.6 is 0 Å². The molecule has 0 atom stereocenters. The number of nitrogens with one attached hydrogen (secondary N) is 2. The van der Waals surface area contributed by atoms with E-state index in [2.05, 4.69) is 27.7 Å². The van der Waals surface area contributed by atoms with Gasteiger partial charge >= 0.3 is 0 Å². The van der Waals surface area contributed by atoms with Crippen LogP contribution in [0.25, 0.3) is 0 Å². The van der Waals surface area contributed by atoms with Crippen molar-refractivity contribution in [3.05, 3.63) is 24.3 Å². The molecule has 3 rings (SSSR count). The Bertz CT molecular complexity index is 567. The predicted octanol–water partition coefficient (Wildman–Crippen LogP) is 1.44. The van der Waals surface area contributed by atoms with Gasteiger partial charge in [0.05, 0.1) is 6.54 Å². The Hall–Kier alpha value is -2.08. The Labute approximate surface area is 143 Å². The summed E-state index contributed by atoms with van der Waals surface area (Å²) in [6.07, 6.45) is 4.29. The molecule has 2 aliphatic rings. The average Bonchev–Trinajstić information content (AvgIpc) is 2.81. The van der Waals surface area contributed by atoms with Crippen molar-refractivity contribution in [2.45, 2.75) is 25.7 Å². The number of amides is 2. The van der Waals surface area contributed by atoms with Crippen molar-refractivity contribution in [3.63, 3.8) is 0 Å². The first-order valence-corrected chi connectivity index (χ1v) is 8.85. The third-order valence-electron chi connectivity index (χ3n) is 4.64.